The van der Waals surface area contributed by atoms with E-state index in [1.54, 1.807) is 0 Å². The van der Waals surface area contributed by atoms with Crippen molar-refractivity contribution in [3.63, 3.8) is 0 Å². The minimum Gasteiger partial charge on any atom is -0.462 e. The van der Waals surface area contributed by atoms with Crippen LogP contribution in [0.2, 0.25) is 0 Å². The van der Waals surface area contributed by atoms with Crippen molar-refractivity contribution in [1.29, 1.82) is 0 Å². The van der Waals surface area contributed by atoms with E-state index >= 15 is 0 Å². The molecular formula is C17H21NO2. The molecule has 1 aliphatic rings. The van der Waals surface area contributed by atoms with Gasteiger partial charge in [0, 0.05) is 16.6 Å². The van der Waals surface area contributed by atoms with Crippen molar-refractivity contribution in [3.05, 3.63) is 35.0 Å². The van der Waals surface area contributed by atoms with Crippen LogP contribution in [0.1, 0.15) is 48.3 Å². The molecule has 1 aromatic heterocycles. The van der Waals surface area contributed by atoms with Crippen molar-refractivity contribution >= 4 is 16.9 Å². The summed E-state index contributed by atoms with van der Waals surface area (Å²) in [4.78, 5) is 15.5. The summed E-state index contributed by atoms with van der Waals surface area (Å²) >= 11 is 0. The van der Waals surface area contributed by atoms with Gasteiger partial charge in [-0.3, -0.25) is 0 Å². The zero-order valence-corrected chi connectivity index (χ0v) is 12.2. The van der Waals surface area contributed by atoms with E-state index in [1.165, 1.54) is 29.5 Å². The predicted octanol–water partition coefficient (Wildman–Crippen LogP) is 3.86. The molecule has 0 amide bonds. The monoisotopic (exact) mass is 271 g/mol. The summed E-state index contributed by atoms with van der Waals surface area (Å²) in [7, 11) is 0. The van der Waals surface area contributed by atoms with E-state index in [0.717, 1.165) is 18.4 Å². The number of rotatable bonds is 3. The molecule has 20 heavy (non-hydrogen) atoms. The first-order valence-electron chi connectivity index (χ1n) is 7.46. The molecule has 0 unspecified atom stereocenters. The maximum Gasteiger partial charge on any atom is 0.338 e. The Hall–Kier alpha value is -1.77. The third-order valence-corrected chi connectivity index (χ3v) is 3.88. The summed E-state index contributed by atoms with van der Waals surface area (Å²) in [5.74, 6) is 0.133. The molecule has 3 nitrogen and oxygen atoms in total. The first-order chi connectivity index (χ1) is 9.65. The van der Waals surface area contributed by atoms with Gasteiger partial charge in [-0.25, -0.2) is 4.79 Å². The molecular weight excluding hydrogens is 250 g/mol. The minimum absolute atomic E-state index is 0.229. The number of nitrogens with one attached hydrogen (secondary N) is 1. The SMILES string of the molecule is CC(C)COC(=O)c1ccc2c3c([nH]c2c1)CCCC3. The summed E-state index contributed by atoms with van der Waals surface area (Å²) in [5.41, 5.74) is 4.49. The first-order valence-corrected chi connectivity index (χ1v) is 7.46. The van der Waals surface area contributed by atoms with E-state index < -0.39 is 0 Å². The maximum atomic E-state index is 12.0. The number of ether oxygens (including phenoxy) is 1. The summed E-state index contributed by atoms with van der Waals surface area (Å²) in [5, 5.41) is 1.26. The number of aryl methyl sites for hydroxylation is 2. The quantitative estimate of drug-likeness (QED) is 0.861. The molecule has 0 radical (unpaired) electrons. The lowest BCUT2D eigenvalue weighted by Gasteiger charge is -2.10. The Morgan fingerprint density at radius 2 is 2.10 bits per heavy atom. The molecule has 1 N–H and O–H groups in total. The standard InChI is InChI=1S/C17H21NO2/c1-11(2)10-20-17(19)12-7-8-14-13-5-3-4-6-15(13)18-16(14)9-12/h7-9,11,18H,3-6,10H2,1-2H3. The molecule has 1 aromatic carbocycles. The topological polar surface area (TPSA) is 42.1 Å². The second kappa shape index (κ2) is 5.31. The lowest BCUT2D eigenvalue weighted by molar-refractivity contribution is 0.0459. The van der Waals surface area contributed by atoms with Crippen LogP contribution in [0.15, 0.2) is 18.2 Å². The van der Waals surface area contributed by atoms with E-state index in [-0.39, 0.29) is 5.97 Å². The second-order valence-corrected chi connectivity index (χ2v) is 6.04. The van der Waals surface area contributed by atoms with Crippen molar-refractivity contribution in [3.8, 4) is 0 Å². The van der Waals surface area contributed by atoms with Crippen molar-refractivity contribution in [1.82, 2.24) is 4.98 Å². The highest BCUT2D eigenvalue weighted by Gasteiger charge is 2.17. The molecule has 1 heterocycles. The number of benzene rings is 1. The van der Waals surface area contributed by atoms with Gasteiger partial charge in [0.2, 0.25) is 0 Å². The average Bonchev–Trinajstić information content (AvgIpc) is 2.82. The van der Waals surface area contributed by atoms with Crippen LogP contribution in [-0.2, 0) is 17.6 Å². The van der Waals surface area contributed by atoms with Gasteiger partial charge in [-0.05, 0) is 49.3 Å². The summed E-state index contributed by atoms with van der Waals surface area (Å²) in [6.07, 6.45) is 4.78. The number of fused-ring (bicyclic) bond motifs is 3. The van der Waals surface area contributed by atoms with Gasteiger partial charge in [-0.15, -0.1) is 0 Å². The highest BCUT2D eigenvalue weighted by Crippen LogP contribution is 2.29. The number of aromatic amines is 1. The highest BCUT2D eigenvalue weighted by molar-refractivity contribution is 5.95. The Morgan fingerprint density at radius 1 is 1.30 bits per heavy atom. The molecule has 0 saturated carbocycles. The second-order valence-electron chi connectivity index (χ2n) is 6.04. The molecule has 3 heteroatoms. The molecule has 0 aliphatic heterocycles. The fourth-order valence-electron chi connectivity index (χ4n) is 2.87. The van der Waals surface area contributed by atoms with Crippen LogP contribution >= 0.6 is 0 Å². The van der Waals surface area contributed by atoms with Crippen LogP contribution in [0.4, 0.5) is 0 Å². The summed E-state index contributed by atoms with van der Waals surface area (Å²) in [6, 6.07) is 5.87. The van der Waals surface area contributed by atoms with Crippen LogP contribution in [0.25, 0.3) is 10.9 Å². The van der Waals surface area contributed by atoms with E-state index in [0.29, 0.717) is 18.1 Å². The van der Waals surface area contributed by atoms with Crippen LogP contribution in [0.3, 0.4) is 0 Å². The zero-order valence-electron chi connectivity index (χ0n) is 12.2. The zero-order chi connectivity index (χ0) is 14.1. The van der Waals surface area contributed by atoms with Crippen LogP contribution in [0.5, 0.6) is 0 Å². The van der Waals surface area contributed by atoms with Crippen LogP contribution < -0.4 is 0 Å². The molecule has 1 aliphatic carbocycles. The van der Waals surface area contributed by atoms with Gasteiger partial charge in [0.15, 0.2) is 0 Å². The molecule has 0 fully saturated rings. The van der Waals surface area contributed by atoms with E-state index in [4.69, 9.17) is 4.74 Å². The largest absolute Gasteiger partial charge is 0.462 e. The Labute approximate surface area is 119 Å². The Morgan fingerprint density at radius 3 is 2.90 bits per heavy atom. The van der Waals surface area contributed by atoms with Gasteiger partial charge >= 0.3 is 5.97 Å². The molecule has 0 spiro atoms. The highest BCUT2D eigenvalue weighted by atomic mass is 16.5. The van der Waals surface area contributed by atoms with E-state index in [2.05, 4.69) is 11.1 Å². The average molecular weight is 271 g/mol. The van der Waals surface area contributed by atoms with Crippen molar-refractivity contribution < 1.29 is 9.53 Å². The maximum absolute atomic E-state index is 12.0. The Bertz CT molecular complexity index is 640. The number of carbonyl (C=O) groups is 1. The van der Waals surface area contributed by atoms with Gasteiger partial charge in [-0.2, -0.15) is 0 Å². The number of hydrogen-bond acceptors (Lipinski definition) is 2. The molecule has 106 valence electrons. The van der Waals surface area contributed by atoms with Crippen LogP contribution in [-0.4, -0.2) is 17.6 Å². The molecule has 3 rings (SSSR count). The van der Waals surface area contributed by atoms with Gasteiger partial charge in [0.1, 0.15) is 0 Å². The van der Waals surface area contributed by atoms with Gasteiger partial charge < -0.3 is 9.72 Å². The molecule has 0 atom stereocenters. The van der Waals surface area contributed by atoms with Crippen molar-refractivity contribution in [2.24, 2.45) is 5.92 Å². The Balaban J connectivity index is 1.89. The lowest BCUT2D eigenvalue weighted by atomic mass is 9.95. The van der Waals surface area contributed by atoms with Gasteiger partial charge in [0.05, 0.1) is 12.2 Å². The fourth-order valence-corrected chi connectivity index (χ4v) is 2.87. The van der Waals surface area contributed by atoms with Gasteiger partial charge in [0.25, 0.3) is 0 Å². The Kier molecular flexibility index (Phi) is 3.51. The number of esters is 1. The van der Waals surface area contributed by atoms with Crippen LogP contribution in [0, 0.1) is 5.92 Å². The number of carbonyl (C=O) groups excluding carboxylic acids is 1. The van der Waals surface area contributed by atoms with Gasteiger partial charge in [-0.1, -0.05) is 19.9 Å². The number of hydrogen-bond donors (Lipinski definition) is 1. The van der Waals surface area contributed by atoms with E-state index in [1.807, 2.05) is 26.0 Å². The predicted molar refractivity (Wildman–Crippen MR) is 80.1 cm³/mol. The summed E-state index contributed by atoms with van der Waals surface area (Å²) < 4.78 is 5.29. The minimum atomic E-state index is -0.229. The normalized spacial score (nSPS) is 14.6. The van der Waals surface area contributed by atoms with E-state index in [9.17, 15) is 4.79 Å². The number of H-pyrrole nitrogens is 1. The third kappa shape index (κ3) is 2.45. The first kappa shape index (κ1) is 13.2. The molecule has 2 aromatic rings. The fraction of sp³-hybridized carbons (Fsp3) is 0.471. The molecule has 0 saturated heterocycles. The smallest absolute Gasteiger partial charge is 0.338 e. The lowest BCUT2D eigenvalue weighted by Crippen LogP contribution is -2.10. The van der Waals surface area contributed by atoms with Crippen molar-refractivity contribution in [2.45, 2.75) is 39.5 Å². The summed E-state index contributed by atoms with van der Waals surface area (Å²) in [6.45, 7) is 4.54. The molecule has 0 bridgehead atoms. The third-order valence-electron chi connectivity index (χ3n) is 3.88. The van der Waals surface area contributed by atoms with Crippen molar-refractivity contribution in [2.75, 3.05) is 6.61 Å². The number of aromatic nitrogens is 1.